The van der Waals surface area contributed by atoms with Gasteiger partial charge in [-0.3, -0.25) is 14.4 Å². The number of para-hydroxylation sites is 1. The highest BCUT2D eigenvalue weighted by Gasteiger charge is 2.20. The summed E-state index contributed by atoms with van der Waals surface area (Å²) in [7, 11) is 0. The van der Waals surface area contributed by atoms with Crippen molar-refractivity contribution in [2.24, 2.45) is 0 Å². The lowest BCUT2D eigenvalue weighted by Crippen LogP contribution is -2.30. The summed E-state index contributed by atoms with van der Waals surface area (Å²) in [6.45, 7) is 3.44. The Morgan fingerprint density at radius 1 is 0.933 bits per heavy atom. The van der Waals surface area contributed by atoms with Crippen molar-refractivity contribution in [2.45, 2.75) is 32.8 Å². The highest BCUT2D eigenvalue weighted by Crippen LogP contribution is 2.27. The SMILES string of the molecule is Cc1ccc(C(=O)CCC(=O)OC(C)C(=O)Nc2ccccc2-c2ccccc2)s1. The number of rotatable bonds is 8. The number of ketones is 1. The first-order valence-corrected chi connectivity index (χ1v) is 10.5. The van der Waals surface area contributed by atoms with Gasteiger partial charge in [-0.05, 0) is 37.6 Å². The fourth-order valence-electron chi connectivity index (χ4n) is 2.93. The number of nitrogens with one attached hydrogen (secondary N) is 1. The first kappa shape index (κ1) is 21.5. The van der Waals surface area contributed by atoms with E-state index in [0.29, 0.717) is 10.6 Å². The van der Waals surface area contributed by atoms with Crippen LogP contribution in [0.1, 0.15) is 34.3 Å². The van der Waals surface area contributed by atoms with Crippen molar-refractivity contribution < 1.29 is 19.1 Å². The first-order chi connectivity index (χ1) is 14.4. The summed E-state index contributed by atoms with van der Waals surface area (Å²) in [6.07, 6.45) is -0.974. The molecule has 0 aliphatic heterocycles. The van der Waals surface area contributed by atoms with E-state index in [1.807, 2.05) is 61.5 Å². The van der Waals surface area contributed by atoms with Gasteiger partial charge in [-0.15, -0.1) is 11.3 Å². The maximum atomic E-state index is 12.5. The average molecular weight is 422 g/mol. The van der Waals surface area contributed by atoms with Crippen molar-refractivity contribution in [3.05, 3.63) is 76.5 Å². The van der Waals surface area contributed by atoms with Crippen molar-refractivity contribution in [1.82, 2.24) is 0 Å². The second-order valence-electron chi connectivity index (χ2n) is 6.87. The predicted molar refractivity (Wildman–Crippen MR) is 119 cm³/mol. The van der Waals surface area contributed by atoms with Crippen molar-refractivity contribution in [3.63, 3.8) is 0 Å². The molecule has 0 aliphatic rings. The van der Waals surface area contributed by atoms with Crippen LogP contribution < -0.4 is 5.32 Å². The number of hydrogen-bond donors (Lipinski definition) is 1. The number of hydrogen-bond acceptors (Lipinski definition) is 5. The lowest BCUT2D eigenvalue weighted by Gasteiger charge is -2.16. The first-order valence-electron chi connectivity index (χ1n) is 9.68. The summed E-state index contributed by atoms with van der Waals surface area (Å²) in [5.41, 5.74) is 2.49. The zero-order chi connectivity index (χ0) is 21.5. The molecule has 1 aromatic heterocycles. The van der Waals surface area contributed by atoms with Crippen LogP contribution in [0.4, 0.5) is 5.69 Å². The van der Waals surface area contributed by atoms with Crippen molar-refractivity contribution in [1.29, 1.82) is 0 Å². The fourth-order valence-corrected chi connectivity index (χ4v) is 3.76. The minimum Gasteiger partial charge on any atom is -0.453 e. The highest BCUT2D eigenvalue weighted by atomic mass is 32.1. The number of Topliss-reactive ketones (excluding diaryl/α,β-unsaturated/α-hetero) is 1. The van der Waals surface area contributed by atoms with Crippen LogP contribution in [-0.4, -0.2) is 23.8 Å². The van der Waals surface area contributed by atoms with E-state index in [1.165, 1.54) is 18.3 Å². The minimum absolute atomic E-state index is 0.0595. The molecule has 5 nitrogen and oxygen atoms in total. The molecule has 0 saturated heterocycles. The maximum absolute atomic E-state index is 12.5. The molecular formula is C24H23NO4S. The normalized spacial score (nSPS) is 11.5. The number of benzene rings is 2. The lowest BCUT2D eigenvalue weighted by atomic mass is 10.0. The monoisotopic (exact) mass is 421 g/mol. The molecule has 0 saturated carbocycles. The third kappa shape index (κ3) is 5.64. The van der Waals surface area contributed by atoms with E-state index in [1.54, 1.807) is 12.1 Å². The smallest absolute Gasteiger partial charge is 0.307 e. The summed E-state index contributed by atoms with van der Waals surface area (Å²) < 4.78 is 5.22. The largest absolute Gasteiger partial charge is 0.453 e. The number of ether oxygens (including phenoxy) is 1. The van der Waals surface area contributed by atoms with E-state index in [4.69, 9.17) is 4.74 Å². The maximum Gasteiger partial charge on any atom is 0.307 e. The Bertz CT molecular complexity index is 1040. The van der Waals surface area contributed by atoms with E-state index in [-0.39, 0.29) is 18.6 Å². The number of carbonyl (C=O) groups excluding carboxylic acids is 3. The van der Waals surface area contributed by atoms with Crippen LogP contribution in [0.3, 0.4) is 0 Å². The van der Waals surface area contributed by atoms with Gasteiger partial charge >= 0.3 is 5.97 Å². The molecular weight excluding hydrogens is 398 g/mol. The molecule has 6 heteroatoms. The van der Waals surface area contributed by atoms with Crippen LogP contribution in [-0.2, 0) is 14.3 Å². The van der Waals surface area contributed by atoms with Crippen molar-refractivity contribution >= 4 is 34.7 Å². The molecule has 1 heterocycles. The van der Waals surface area contributed by atoms with Crippen LogP contribution in [0.25, 0.3) is 11.1 Å². The van der Waals surface area contributed by atoms with Gasteiger partial charge in [0.15, 0.2) is 11.9 Å². The number of anilines is 1. The summed E-state index contributed by atoms with van der Waals surface area (Å²) in [4.78, 5) is 38.4. The van der Waals surface area contributed by atoms with Gasteiger partial charge in [-0.2, -0.15) is 0 Å². The average Bonchev–Trinajstić information content (AvgIpc) is 3.19. The molecule has 1 atom stereocenters. The Hall–Kier alpha value is -3.25. The van der Waals surface area contributed by atoms with E-state index in [2.05, 4.69) is 5.32 Å². The fraction of sp³-hybridized carbons (Fsp3) is 0.208. The Labute approximate surface area is 179 Å². The van der Waals surface area contributed by atoms with Crippen LogP contribution >= 0.6 is 11.3 Å². The molecule has 0 bridgehead atoms. The summed E-state index contributed by atoms with van der Waals surface area (Å²) in [6, 6.07) is 20.8. The minimum atomic E-state index is -0.972. The predicted octanol–water partition coefficient (Wildman–Crippen LogP) is 5.26. The Morgan fingerprint density at radius 2 is 1.63 bits per heavy atom. The quantitative estimate of drug-likeness (QED) is 0.398. The summed E-state index contributed by atoms with van der Waals surface area (Å²) in [5, 5.41) is 2.83. The number of thiophene rings is 1. The molecule has 3 rings (SSSR count). The van der Waals surface area contributed by atoms with E-state index < -0.39 is 18.0 Å². The Morgan fingerprint density at radius 3 is 2.33 bits per heavy atom. The van der Waals surface area contributed by atoms with E-state index >= 15 is 0 Å². The molecule has 0 spiro atoms. The lowest BCUT2D eigenvalue weighted by molar-refractivity contribution is -0.153. The number of aryl methyl sites for hydroxylation is 1. The summed E-state index contributed by atoms with van der Waals surface area (Å²) in [5.74, 6) is -1.10. The van der Waals surface area contributed by atoms with Gasteiger partial charge in [0.2, 0.25) is 0 Å². The molecule has 30 heavy (non-hydrogen) atoms. The van der Waals surface area contributed by atoms with Gasteiger partial charge in [0, 0.05) is 22.5 Å². The van der Waals surface area contributed by atoms with Gasteiger partial charge < -0.3 is 10.1 Å². The van der Waals surface area contributed by atoms with Crippen LogP contribution in [0.2, 0.25) is 0 Å². The molecule has 1 unspecified atom stereocenters. The van der Waals surface area contributed by atoms with Gasteiger partial charge in [-0.1, -0.05) is 48.5 Å². The number of carbonyl (C=O) groups is 3. The van der Waals surface area contributed by atoms with Crippen molar-refractivity contribution in [2.75, 3.05) is 5.32 Å². The Kier molecular flexibility index (Phi) is 7.14. The van der Waals surface area contributed by atoms with E-state index in [0.717, 1.165) is 16.0 Å². The molecule has 3 aromatic rings. The second-order valence-corrected chi connectivity index (χ2v) is 8.15. The molecule has 154 valence electrons. The number of amides is 1. The number of esters is 1. The van der Waals surface area contributed by atoms with Gasteiger partial charge in [0.05, 0.1) is 11.3 Å². The second kappa shape index (κ2) is 9.98. The van der Waals surface area contributed by atoms with Gasteiger partial charge in [0.25, 0.3) is 5.91 Å². The third-order valence-electron chi connectivity index (χ3n) is 4.52. The van der Waals surface area contributed by atoms with E-state index in [9.17, 15) is 14.4 Å². The summed E-state index contributed by atoms with van der Waals surface area (Å²) >= 11 is 1.40. The van der Waals surface area contributed by atoms with Crippen LogP contribution in [0.15, 0.2) is 66.7 Å². The molecule has 1 amide bonds. The van der Waals surface area contributed by atoms with Gasteiger partial charge in [-0.25, -0.2) is 0 Å². The molecule has 0 aliphatic carbocycles. The highest BCUT2D eigenvalue weighted by molar-refractivity contribution is 7.14. The standard InChI is InChI=1S/C24H23NO4S/c1-16-12-14-22(30-16)21(26)13-15-23(27)29-17(2)24(28)25-20-11-7-6-10-19(20)18-8-4-3-5-9-18/h3-12,14,17H,13,15H2,1-2H3,(H,25,28). The zero-order valence-electron chi connectivity index (χ0n) is 16.9. The van der Waals surface area contributed by atoms with Crippen LogP contribution in [0.5, 0.6) is 0 Å². The zero-order valence-corrected chi connectivity index (χ0v) is 17.7. The van der Waals surface area contributed by atoms with Gasteiger partial charge in [0.1, 0.15) is 0 Å². The molecule has 1 N–H and O–H groups in total. The van der Waals surface area contributed by atoms with Crippen LogP contribution in [0, 0.1) is 6.92 Å². The Balaban J connectivity index is 1.55. The topological polar surface area (TPSA) is 72.5 Å². The van der Waals surface area contributed by atoms with Crippen molar-refractivity contribution in [3.8, 4) is 11.1 Å². The molecule has 0 fully saturated rings. The third-order valence-corrected chi connectivity index (χ3v) is 5.56. The molecule has 2 aromatic carbocycles. The molecule has 0 radical (unpaired) electrons.